The number of nitrogens with one attached hydrogen (secondary N) is 1. The summed E-state index contributed by atoms with van der Waals surface area (Å²) in [4.78, 5) is 26.8. The lowest BCUT2D eigenvalue weighted by Crippen LogP contribution is -2.36. The van der Waals surface area contributed by atoms with Crippen molar-refractivity contribution in [2.75, 3.05) is 6.54 Å². The van der Waals surface area contributed by atoms with Crippen molar-refractivity contribution >= 4 is 11.9 Å². The van der Waals surface area contributed by atoms with Crippen molar-refractivity contribution in [1.82, 2.24) is 10.3 Å². The third kappa shape index (κ3) is 3.15. The van der Waals surface area contributed by atoms with Crippen molar-refractivity contribution in [1.29, 1.82) is 0 Å². The van der Waals surface area contributed by atoms with Crippen LogP contribution in [-0.2, 0) is 0 Å². The summed E-state index contributed by atoms with van der Waals surface area (Å²) < 4.78 is 0. The lowest BCUT2D eigenvalue weighted by Gasteiger charge is -2.27. The van der Waals surface area contributed by atoms with Gasteiger partial charge in [-0.15, -0.1) is 0 Å². The van der Waals surface area contributed by atoms with Crippen LogP contribution in [0.4, 0.5) is 0 Å². The first-order valence-corrected chi connectivity index (χ1v) is 7.05. The highest BCUT2D eigenvalue weighted by atomic mass is 16.4. The first-order chi connectivity index (χ1) is 9.56. The summed E-state index contributed by atoms with van der Waals surface area (Å²) in [6, 6.07) is 4.45. The van der Waals surface area contributed by atoms with E-state index < -0.39 is 5.97 Å². The maximum Gasteiger partial charge on any atom is 0.354 e. The zero-order valence-corrected chi connectivity index (χ0v) is 11.7. The Hall–Kier alpha value is -1.91. The van der Waals surface area contributed by atoms with Crippen molar-refractivity contribution in [2.45, 2.75) is 39.0 Å². The van der Waals surface area contributed by atoms with Crippen LogP contribution >= 0.6 is 0 Å². The van der Waals surface area contributed by atoms with Crippen LogP contribution in [0.25, 0.3) is 0 Å². The summed E-state index contributed by atoms with van der Waals surface area (Å²) in [5.74, 6) is -1.42. The maximum atomic E-state index is 12.1. The average molecular weight is 276 g/mol. The average Bonchev–Trinajstić information content (AvgIpc) is 2.94. The second kappa shape index (κ2) is 6.03. The molecule has 0 unspecified atom stereocenters. The summed E-state index contributed by atoms with van der Waals surface area (Å²) in [6.45, 7) is 2.79. The van der Waals surface area contributed by atoms with E-state index in [2.05, 4.69) is 17.2 Å². The molecule has 1 aromatic rings. The van der Waals surface area contributed by atoms with Crippen molar-refractivity contribution in [2.24, 2.45) is 5.41 Å². The number of carbonyl (C=O) groups is 2. The normalized spacial score (nSPS) is 16.9. The van der Waals surface area contributed by atoms with Gasteiger partial charge in [-0.1, -0.05) is 25.8 Å². The summed E-state index contributed by atoms with van der Waals surface area (Å²) >= 11 is 0. The highest BCUT2D eigenvalue weighted by Gasteiger charge is 2.32. The van der Waals surface area contributed by atoms with Gasteiger partial charge in [0.15, 0.2) is 0 Å². The van der Waals surface area contributed by atoms with Crippen molar-refractivity contribution < 1.29 is 14.7 Å². The molecular weight excluding hydrogens is 256 g/mol. The summed E-state index contributed by atoms with van der Waals surface area (Å²) in [7, 11) is 0. The number of pyridine rings is 1. The number of carboxylic acid groups (broad SMARTS) is 1. The first kappa shape index (κ1) is 14.5. The predicted molar refractivity (Wildman–Crippen MR) is 74.7 cm³/mol. The van der Waals surface area contributed by atoms with Gasteiger partial charge in [0.25, 0.3) is 5.91 Å². The zero-order valence-electron chi connectivity index (χ0n) is 11.7. The van der Waals surface area contributed by atoms with E-state index in [1.807, 2.05) is 0 Å². The molecule has 0 atom stereocenters. The summed E-state index contributed by atoms with van der Waals surface area (Å²) in [5.41, 5.74) is 0.262. The Balaban J connectivity index is 2.01. The Bertz CT molecular complexity index is 508. The van der Waals surface area contributed by atoms with E-state index in [0.29, 0.717) is 6.54 Å². The van der Waals surface area contributed by atoms with Crippen LogP contribution in [0.3, 0.4) is 0 Å². The fourth-order valence-corrected chi connectivity index (χ4v) is 2.82. The minimum Gasteiger partial charge on any atom is -0.477 e. The molecule has 108 valence electrons. The van der Waals surface area contributed by atoms with Crippen LogP contribution in [0.5, 0.6) is 0 Å². The van der Waals surface area contributed by atoms with Crippen LogP contribution in [-0.4, -0.2) is 28.5 Å². The molecule has 1 aromatic heterocycles. The van der Waals surface area contributed by atoms with Gasteiger partial charge in [-0.05, 0) is 36.8 Å². The molecule has 0 saturated heterocycles. The predicted octanol–water partition coefficient (Wildman–Crippen LogP) is 2.48. The first-order valence-electron chi connectivity index (χ1n) is 7.05. The largest absolute Gasteiger partial charge is 0.477 e. The minimum atomic E-state index is -1.12. The van der Waals surface area contributed by atoms with Crippen molar-refractivity contribution in [3.63, 3.8) is 0 Å². The molecule has 1 aliphatic carbocycles. The maximum absolute atomic E-state index is 12.1. The number of nitrogens with zero attached hydrogens (tertiary/aromatic N) is 1. The number of amides is 1. The van der Waals surface area contributed by atoms with E-state index in [1.54, 1.807) is 0 Å². The number of carbonyl (C=O) groups excluding carboxylic acids is 1. The van der Waals surface area contributed by atoms with Crippen molar-refractivity contribution in [3.8, 4) is 0 Å². The Labute approximate surface area is 118 Å². The Morgan fingerprint density at radius 3 is 2.55 bits per heavy atom. The molecule has 5 heteroatoms. The van der Waals surface area contributed by atoms with Gasteiger partial charge >= 0.3 is 5.97 Å². The van der Waals surface area contributed by atoms with Gasteiger partial charge < -0.3 is 10.4 Å². The van der Waals surface area contributed by atoms with Gasteiger partial charge in [0.05, 0.1) is 0 Å². The second-order valence-electron chi connectivity index (χ2n) is 5.46. The van der Waals surface area contributed by atoms with Gasteiger partial charge in [0.1, 0.15) is 11.4 Å². The molecule has 1 saturated carbocycles. The number of rotatable bonds is 5. The SMILES string of the molecule is CCC1(CNC(=O)c2cccc(C(=O)O)n2)CCCC1. The molecule has 1 amide bonds. The molecule has 1 heterocycles. The van der Waals surface area contributed by atoms with E-state index in [-0.39, 0.29) is 22.7 Å². The molecule has 5 nitrogen and oxygen atoms in total. The number of aromatic carboxylic acids is 1. The summed E-state index contributed by atoms with van der Waals surface area (Å²) in [5, 5.41) is 11.8. The molecule has 0 radical (unpaired) electrons. The number of aromatic nitrogens is 1. The monoisotopic (exact) mass is 276 g/mol. The van der Waals surface area contributed by atoms with Crippen LogP contribution in [0.2, 0.25) is 0 Å². The lowest BCUT2D eigenvalue weighted by molar-refractivity contribution is 0.0690. The highest BCUT2D eigenvalue weighted by Crippen LogP contribution is 2.40. The Kier molecular flexibility index (Phi) is 4.37. The molecular formula is C15H20N2O3. The third-order valence-corrected chi connectivity index (χ3v) is 4.24. The second-order valence-corrected chi connectivity index (χ2v) is 5.46. The molecule has 1 fully saturated rings. The number of carboxylic acids is 1. The molecule has 0 spiro atoms. The smallest absolute Gasteiger partial charge is 0.354 e. The van der Waals surface area contributed by atoms with E-state index in [4.69, 9.17) is 5.11 Å². The van der Waals surface area contributed by atoms with Crippen LogP contribution < -0.4 is 5.32 Å². The summed E-state index contributed by atoms with van der Waals surface area (Å²) in [6.07, 6.45) is 5.78. The molecule has 2 rings (SSSR count). The minimum absolute atomic E-state index is 0.108. The van der Waals surface area contributed by atoms with Gasteiger partial charge in [0.2, 0.25) is 0 Å². The fourth-order valence-electron chi connectivity index (χ4n) is 2.82. The molecule has 0 bridgehead atoms. The molecule has 0 aliphatic heterocycles. The van der Waals surface area contributed by atoms with E-state index in [9.17, 15) is 9.59 Å². The molecule has 1 aliphatic rings. The number of hydrogen-bond acceptors (Lipinski definition) is 3. The number of hydrogen-bond donors (Lipinski definition) is 2. The van der Waals surface area contributed by atoms with Gasteiger partial charge in [-0.3, -0.25) is 4.79 Å². The third-order valence-electron chi connectivity index (χ3n) is 4.24. The van der Waals surface area contributed by atoms with Gasteiger partial charge in [-0.25, -0.2) is 9.78 Å². The van der Waals surface area contributed by atoms with Gasteiger partial charge in [0, 0.05) is 6.54 Å². The molecule has 20 heavy (non-hydrogen) atoms. The zero-order chi connectivity index (χ0) is 14.6. The Morgan fingerprint density at radius 1 is 1.30 bits per heavy atom. The van der Waals surface area contributed by atoms with Crippen LogP contribution in [0, 0.1) is 5.41 Å². The van der Waals surface area contributed by atoms with Crippen LogP contribution in [0.1, 0.15) is 60.0 Å². The standard InChI is InChI=1S/C15H20N2O3/c1-2-15(8-3-4-9-15)10-16-13(18)11-6-5-7-12(17-11)14(19)20/h5-7H,2-4,8-10H2,1H3,(H,16,18)(H,19,20). The van der Waals surface area contributed by atoms with E-state index >= 15 is 0 Å². The van der Waals surface area contributed by atoms with E-state index in [0.717, 1.165) is 19.3 Å². The highest BCUT2D eigenvalue weighted by molar-refractivity contribution is 5.94. The van der Waals surface area contributed by atoms with Crippen molar-refractivity contribution in [3.05, 3.63) is 29.6 Å². The molecule has 2 N–H and O–H groups in total. The Morgan fingerprint density at radius 2 is 1.95 bits per heavy atom. The van der Waals surface area contributed by atoms with Crippen LogP contribution in [0.15, 0.2) is 18.2 Å². The topological polar surface area (TPSA) is 79.3 Å². The fraction of sp³-hybridized carbons (Fsp3) is 0.533. The quantitative estimate of drug-likeness (QED) is 0.866. The van der Waals surface area contributed by atoms with E-state index in [1.165, 1.54) is 31.0 Å². The molecule has 0 aromatic carbocycles. The van der Waals surface area contributed by atoms with Gasteiger partial charge in [-0.2, -0.15) is 0 Å². The lowest BCUT2D eigenvalue weighted by atomic mass is 9.83.